The van der Waals surface area contributed by atoms with Gasteiger partial charge in [0.2, 0.25) is 0 Å². The third-order valence-electron chi connectivity index (χ3n) is 1.57. The number of aromatic nitrogens is 2. The molecule has 0 radical (unpaired) electrons. The zero-order valence-corrected chi connectivity index (χ0v) is 8.95. The number of aryl methyl sites for hydroxylation is 1. The van der Waals surface area contributed by atoms with Gasteiger partial charge in [-0.3, -0.25) is 0 Å². The minimum absolute atomic E-state index is 1.02. The van der Waals surface area contributed by atoms with Gasteiger partial charge < -0.3 is 4.57 Å². The molecule has 3 nitrogen and oxygen atoms in total. The summed E-state index contributed by atoms with van der Waals surface area (Å²) in [4.78, 5) is 4.14. The van der Waals surface area contributed by atoms with Crippen molar-refractivity contribution in [2.45, 2.75) is 13.5 Å². The second-order valence-electron chi connectivity index (χ2n) is 2.50. The van der Waals surface area contributed by atoms with Gasteiger partial charge in [-0.15, -0.1) is 0 Å². The Kier molecular flexibility index (Phi) is 3.32. The van der Waals surface area contributed by atoms with E-state index in [2.05, 4.69) is 42.6 Å². The molecule has 0 saturated heterocycles. The van der Waals surface area contributed by atoms with Crippen LogP contribution in [-0.2, 0) is 6.54 Å². The first-order valence-corrected chi connectivity index (χ1v) is 4.51. The fourth-order valence-corrected chi connectivity index (χ4v) is 1.10. The fraction of sp³-hybridized carbons (Fsp3) is 0.571. The van der Waals surface area contributed by atoms with Gasteiger partial charge in [-0.2, -0.15) is 0 Å². The molecule has 0 unspecified atom stereocenters. The summed E-state index contributed by atoms with van der Waals surface area (Å²) in [7, 11) is 2.06. The number of rotatable bonds is 3. The Bertz CT molecular complexity index is 219. The van der Waals surface area contributed by atoms with Crippen molar-refractivity contribution in [3.8, 4) is 0 Å². The maximum atomic E-state index is 4.14. The summed E-state index contributed by atoms with van der Waals surface area (Å²) in [6, 6.07) is 0. The fourth-order valence-electron chi connectivity index (χ4n) is 0.886. The first-order valence-electron chi connectivity index (χ1n) is 3.55. The molecule has 4 heteroatoms. The van der Waals surface area contributed by atoms with E-state index in [0.717, 1.165) is 18.9 Å². The average molecular weight is 265 g/mol. The minimum Gasteiger partial charge on any atom is -0.334 e. The Morgan fingerprint density at radius 2 is 2.45 bits per heavy atom. The highest BCUT2D eigenvalue weighted by molar-refractivity contribution is 14.1. The van der Waals surface area contributed by atoms with Gasteiger partial charge in [0.25, 0.3) is 0 Å². The molecule has 1 aromatic rings. The lowest BCUT2D eigenvalue weighted by Gasteiger charge is -2.08. The molecule has 0 aliphatic rings. The molecule has 0 aromatic carbocycles. The van der Waals surface area contributed by atoms with Crippen LogP contribution in [0, 0.1) is 6.92 Å². The Morgan fingerprint density at radius 1 is 1.73 bits per heavy atom. The summed E-state index contributed by atoms with van der Waals surface area (Å²) in [6.45, 7) is 4.09. The quantitative estimate of drug-likeness (QED) is 0.609. The molecule has 0 aliphatic carbocycles. The summed E-state index contributed by atoms with van der Waals surface area (Å²) >= 11 is 2.28. The number of hydrogen-bond acceptors (Lipinski definition) is 2. The van der Waals surface area contributed by atoms with E-state index >= 15 is 0 Å². The van der Waals surface area contributed by atoms with E-state index in [1.54, 1.807) is 0 Å². The van der Waals surface area contributed by atoms with Crippen molar-refractivity contribution in [3.63, 3.8) is 0 Å². The average Bonchev–Trinajstić information content (AvgIpc) is 2.31. The van der Waals surface area contributed by atoms with E-state index in [1.165, 1.54) is 0 Å². The highest BCUT2D eigenvalue weighted by atomic mass is 127. The lowest BCUT2D eigenvalue weighted by Crippen LogP contribution is -2.13. The van der Waals surface area contributed by atoms with E-state index in [9.17, 15) is 0 Å². The molecule has 0 spiro atoms. The number of likely N-dealkylation sites (N-methyl/N-ethyl adjacent to an activating group) is 1. The maximum Gasteiger partial charge on any atom is 0.105 e. The third-order valence-corrected chi connectivity index (χ3v) is 2.06. The van der Waals surface area contributed by atoms with Gasteiger partial charge in [0.05, 0.1) is 0 Å². The predicted molar refractivity (Wildman–Crippen MR) is 53.6 cm³/mol. The lowest BCUT2D eigenvalue weighted by molar-refractivity contribution is 0.531. The van der Waals surface area contributed by atoms with Crippen LogP contribution in [0.25, 0.3) is 0 Å². The van der Waals surface area contributed by atoms with Crippen LogP contribution in [0.1, 0.15) is 5.82 Å². The molecular formula is C7H12IN3. The summed E-state index contributed by atoms with van der Waals surface area (Å²) in [5.74, 6) is 1.09. The molecule has 11 heavy (non-hydrogen) atoms. The van der Waals surface area contributed by atoms with Crippen molar-refractivity contribution in [2.24, 2.45) is 0 Å². The molecule has 1 aromatic heterocycles. The second kappa shape index (κ2) is 4.06. The number of nitrogens with zero attached hydrogens (tertiary/aromatic N) is 3. The Labute approximate surface area is 80.9 Å². The van der Waals surface area contributed by atoms with Crippen LogP contribution in [0.4, 0.5) is 0 Å². The Hall–Kier alpha value is -0.100. The SMILES string of the molecule is Cc1nccn1CCN(C)I. The summed E-state index contributed by atoms with van der Waals surface area (Å²) in [5, 5.41) is 0. The minimum atomic E-state index is 1.02. The largest absolute Gasteiger partial charge is 0.334 e. The topological polar surface area (TPSA) is 21.1 Å². The number of hydrogen-bond donors (Lipinski definition) is 0. The second-order valence-corrected chi connectivity index (χ2v) is 4.14. The van der Waals surface area contributed by atoms with Gasteiger partial charge in [-0.1, -0.05) is 0 Å². The zero-order valence-electron chi connectivity index (χ0n) is 6.79. The summed E-state index contributed by atoms with van der Waals surface area (Å²) in [5.41, 5.74) is 0. The molecule has 1 heterocycles. The lowest BCUT2D eigenvalue weighted by atomic mass is 10.6. The molecule has 0 atom stereocenters. The first kappa shape index (κ1) is 8.99. The Morgan fingerprint density at radius 3 is 2.91 bits per heavy atom. The normalized spacial score (nSPS) is 10.9. The van der Waals surface area contributed by atoms with Gasteiger partial charge in [0.15, 0.2) is 0 Å². The van der Waals surface area contributed by atoms with Crippen molar-refractivity contribution in [1.82, 2.24) is 12.7 Å². The van der Waals surface area contributed by atoms with Crippen LogP contribution in [0.15, 0.2) is 12.4 Å². The number of halogens is 1. The van der Waals surface area contributed by atoms with Gasteiger partial charge in [-0.25, -0.2) is 8.10 Å². The van der Waals surface area contributed by atoms with E-state index in [1.807, 2.05) is 19.3 Å². The molecule has 0 fully saturated rings. The van der Waals surface area contributed by atoms with Crippen molar-refractivity contribution < 1.29 is 0 Å². The molecule has 0 bridgehead atoms. The molecule has 1 rings (SSSR count). The van der Waals surface area contributed by atoms with Crippen molar-refractivity contribution >= 4 is 22.9 Å². The zero-order chi connectivity index (χ0) is 8.27. The van der Waals surface area contributed by atoms with Crippen LogP contribution in [-0.4, -0.2) is 26.3 Å². The molecule has 62 valence electrons. The van der Waals surface area contributed by atoms with Crippen LogP contribution >= 0.6 is 22.9 Å². The smallest absolute Gasteiger partial charge is 0.105 e. The van der Waals surface area contributed by atoms with Crippen LogP contribution < -0.4 is 0 Å². The monoisotopic (exact) mass is 265 g/mol. The summed E-state index contributed by atoms with van der Waals surface area (Å²) < 4.78 is 4.28. The predicted octanol–water partition coefficient (Wildman–Crippen LogP) is 1.47. The molecular weight excluding hydrogens is 253 g/mol. The van der Waals surface area contributed by atoms with Crippen molar-refractivity contribution in [1.29, 1.82) is 0 Å². The molecule has 0 aliphatic heterocycles. The maximum absolute atomic E-state index is 4.14. The van der Waals surface area contributed by atoms with Gasteiger partial charge in [-0.05, 0) is 14.0 Å². The third kappa shape index (κ3) is 2.78. The molecule has 0 amide bonds. The summed E-state index contributed by atoms with van der Waals surface area (Å²) in [6.07, 6.45) is 3.85. The van der Waals surface area contributed by atoms with E-state index in [0.29, 0.717) is 0 Å². The highest BCUT2D eigenvalue weighted by Gasteiger charge is 1.96. The van der Waals surface area contributed by atoms with Gasteiger partial charge >= 0.3 is 0 Å². The number of imidazole rings is 1. The van der Waals surface area contributed by atoms with E-state index in [4.69, 9.17) is 0 Å². The Balaban J connectivity index is 2.44. The van der Waals surface area contributed by atoms with Gasteiger partial charge in [0, 0.05) is 48.3 Å². The highest BCUT2D eigenvalue weighted by Crippen LogP contribution is 1.98. The van der Waals surface area contributed by atoms with E-state index in [-0.39, 0.29) is 0 Å². The van der Waals surface area contributed by atoms with Gasteiger partial charge in [0.1, 0.15) is 5.82 Å². The van der Waals surface area contributed by atoms with Crippen LogP contribution in [0.5, 0.6) is 0 Å². The first-order chi connectivity index (χ1) is 5.20. The van der Waals surface area contributed by atoms with Crippen molar-refractivity contribution in [2.75, 3.05) is 13.6 Å². The molecule has 0 saturated carbocycles. The standard InChI is InChI=1S/C7H12IN3/c1-7-9-3-4-11(7)6-5-10(2)8/h3-4H,5-6H2,1-2H3. The van der Waals surface area contributed by atoms with Crippen LogP contribution in [0.3, 0.4) is 0 Å². The molecule has 0 N–H and O–H groups in total. The van der Waals surface area contributed by atoms with Crippen molar-refractivity contribution in [3.05, 3.63) is 18.2 Å². The van der Waals surface area contributed by atoms with Crippen LogP contribution in [0.2, 0.25) is 0 Å². The van der Waals surface area contributed by atoms with E-state index < -0.39 is 0 Å².